The van der Waals surface area contributed by atoms with Crippen molar-refractivity contribution in [1.29, 1.82) is 0 Å². The first-order chi connectivity index (χ1) is 7.19. The predicted octanol–water partition coefficient (Wildman–Crippen LogP) is 0.524. The van der Waals surface area contributed by atoms with E-state index in [1.54, 1.807) is 0 Å². The molecule has 1 rings (SSSR count). The summed E-state index contributed by atoms with van der Waals surface area (Å²) in [5, 5.41) is 8.99. The molecule has 0 saturated carbocycles. The molecule has 5 nitrogen and oxygen atoms in total. The van der Waals surface area contributed by atoms with Gasteiger partial charge in [-0.05, 0) is 6.42 Å². The third-order valence-corrected chi connectivity index (χ3v) is 2.09. The Balaban J connectivity index is 2.63. The number of rotatable bonds is 4. The molecule has 0 spiro atoms. The van der Waals surface area contributed by atoms with Gasteiger partial charge in [-0.2, -0.15) is 5.10 Å². The molecule has 80 valence electrons. The molecule has 1 atom stereocenters. The van der Waals surface area contributed by atoms with E-state index in [1.165, 1.54) is 6.20 Å². The minimum Gasteiger partial charge on any atom is -0.396 e. The van der Waals surface area contributed by atoms with E-state index in [0.29, 0.717) is 12.1 Å². The molecular weight excluding hydrogens is 192 g/mol. The Hall–Kier alpha value is -1.96. The molecule has 0 aromatic carbocycles. The van der Waals surface area contributed by atoms with Gasteiger partial charge in [0.2, 0.25) is 0 Å². The second kappa shape index (κ2) is 5.05. The number of nitrogens with two attached hydrogens (primary N) is 1. The van der Waals surface area contributed by atoms with Crippen molar-refractivity contribution < 1.29 is 4.79 Å². The van der Waals surface area contributed by atoms with E-state index in [2.05, 4.69) is 21.4 Å². The van der Waals surface area contributed by atoms with Crippen molar-refractivity contribution in [2.45, 2.75) is 25.8 Å². The summed E-state index contributed by atoms with van der Waals surface area (Å²) in [4.78, 5) is 11.6. The lowest BCUT2D eigenvalue weighted by atomic mass is 10.1. The van der Waals surface area contributed by atoms with Gasteiger partial charge in [-0.1, -0.05) is 6.92 Å². The zero-order valence-corrected chi connectivity index (χ0v) is 8.58. The van der Waals surface area contributed by atoms with Crippen LogP contribution in [0.4, 0.5) is 5.69 Å². The second-order valence-electron chi connectivity index (χ2n) is 3.19. The Kier molecular flexibility index (Phi) is 3.75. The molecular formula is C10H14N4O. The number of amides is 1. The number of aromatic amines is 1. The van der Waals surface area contributed by atoms with Crippen LogP contribution in [-0.4, -0.2) is 22.1 Å². The maximum Gasteiger partial charge on any atom is 0.271 e. The molecule has 5 heteroatoms. The first-order valence-electron chi connectivity index (χ1n) is 4.72. The lowest BCUT2D eigenvalue weighted by molar-refractivity contribution is 0.0932. The van der Waals surface area contributed by atoms with E-state index in [9.17, 15) is 4.79 Å². The lowest BCUT2D eigenvalue weighted by Gasteiger charge is -2.13. The smallest absolute Gasteiger partial charge is 0.271 e. The van der Waals surface area contributed by atoms with Crippen LogP contribution in [0.1, 0.15) is 30.3 Å². The molecule has 0 bridgehead atoms. The monoisotopic (exact) mass is 206 g/mol. The maximum absolute atomic E-state index is 11.6. The van der Waals surface area contributed by atoms with Crippen LogP contribution in [0.3, 0.4) is 0 Å². The van der Waals surface area contributed by atoms with Crippen molar-refractivity contribution in [2.75, 3.05) is 5.73 Å². The largest absolute Gasteiger partial charge is 0.396 e. The molecule has 1 heterocycles. The topological polar surface area (TPSA) is 83.8 Å². The fraction of sp³-hybridized carbons (Fsp3) is 0.400. The Morgan fingerprint density at radius 1 is 1.87 bits per heavy atom. The van der Waals surface area contributed by atoms with Crippen LogP contribution < -0.4 is 11.1 Å². The van der Waals surface area contributed by atoms with E-state index in [4.69, 9.17) is 12.2 Å². The Morgan fingerprint density at radius 2 is 2.60 bits per heavy atom. The van der Waals surface area contributed by atoms with Gasteiger partial charge < -0.3 is 11.1 Å². The number of nitrogen functional groups attached to an aromatic ring is 1. The first kappa shape index (κ1) is 11.1. The van der Waals surface area contributed by atoms with Crippen molar-refractivity contribution in [3.05, 3.63) is 11.9 Å². The number of carbonyl (C=O) groups is 1. The molecule has 0 saturated heterocycles. The summed E-state index contributed by atoms with van der Waals surface area (Å²) in [6.45, 7) is 1.96. The summed E-state index contributed by atoms with van der Waals surface area (Å²) in [7, 11) is 0. The van der Waals surface area contributed by atoms with Crippen molar-refractivity contribution in [2.24, 2.45) is 0 Å². The van der Waals surface area contributed by atoms with Gasteiger partial charge in [0.15, 0.2) is 0 Å². The Morgan fingerprint density at radius 3 is 3.07 bits per heavy atom. The number of nitrogens with one attached hydrogen (secondary N) is 2. The number of carbonyl (C=O) groups excluding carboxylic acids is 1. The molecule has 1 aromatic heterocycles. The summed E-state index contributed by atoms with van der Waals surface area (Å²) in [5.41, 5.74) is 6.16. The number of hydrogen-bond donors (Lipinski definition) is 3. The van der Waals surface area contributed by atoms with E-state index in [1.807, 2.05) is 6.92 Å². The number of aromatic nitrogens is 2. The van der Waals surface area contributed by atoms with Crippen molar-refractivity contribution in [3.8, 4) is 12.3 Å². The summed E-state index contributed by atoms with van der Waals surface area (Å²) >= 11 is 0. The summed E-state index contributed by atoms with van der Waals surface area (Å²) < 4.78 is 0. The van der Waals surface area contributed by atoms with E-state index in [-0.39, 0.29) is 17.6 Å². The highest BCUT2D eigenvalue weighted by Gasteiger charge is 2.14. The highest BCUT2D eigenvalue weighted by molar-refractivity contribution is 5.97. The van der Waals surface area contributed by atoms with Crippen molar-refractivity contribution >= 4 is 11.6 Å². The fourth-order valence-corrected chi connectivity index (χ4v) is 1.17. The van der Waals surface area contributed by atoms with Gasteiger partial charge in [-0.25, -0.2) is 0 Å². The number of nitrogens with zero attached hydrogens (tertiary/aromatic N) is 1. The van der Waals surface area contributed by atoms with Gasteiger partial charge in [0.05, 0.1) is 11.9 Å². The number of terminal acetylenes is 1. The fourth-order valence-electron chi connectivity index (χ4n) is 1.17. The molecule has 4 N–H and O–H groups in total. The molecule has 1 unspecified atom stereocenters. The average molecular weight is 206 g/mol. The number of anilines is 1. The summed E-state index contributed by atoms with van der Waals surface area (Å²) in [5.74, 6) is 2.24. The quantitative estimate of drug-likeness (QED) is 0.628. The minimum absolute atomic E-state index is 0.0230. The summed E-state index contributed by atoms with van der Waals surface area (Å²) in [6, 6.07) is -0.0230. The maximum atomic E-state index is 11.6. The van der Waals surface area contributed by atoms with Crippen LogP contribution >= 0.6 is 0 Å². The zero-order chi connectivity index (χ0) is 11.3. The van der Waals surface area contributed by atoms with Crippen LogP contribution in [0.25, 0.3) is 0 Å². The van der Waals surface area contributed by atoms with Crippen LogP contribution in [0.2, 0.25) is 0 Å². The number of hydrogen-bond acceptors (Lipinski definition) is 3. The molecule has 0 aliphatic rings. The normalized spacial score (nSPS) is 11.7. The van der Waals surface area contributed by atoms with Gasteiger partial charge in [-0.15, -0.1) is 12.3 Å². The standard InChI is InChI=1S/C10H14N4O/c1-3-5-7(4-2)13-10(15)9-8(11)6-12-14-9/h1,6-7H,4-5,11H2,2H3,(H,12,14)(H,13,15). The Bertz CT molecular complexity index is 377. The molecule has 1 aromatic rings. The van der Waals surface area contributed by atoms with Crippen LogP contribution in [-0.2, 0) is 0 Å². The van der Waals surface area contributed by atoms with Crippen molar-refractivity contribution in [1.82, 2.24) is 15.5 Å². The van der Waals surface area contributed by atoms with Crippen LogP contribution in [0, 0.1) is 12.3 Å². The SMILES string of the molecule is C#CCC(CC)NC(=O)c1[nH]ncc1N. The average Bonchev–Trinajstić information content (AvgIpc) is 2.63. The second-order valence-corrected chi connectivity index (χ2v) is 3.19. The molecule has 0 fully saturated rings. The van der Waals surface area contributed by atoms with Crippen LogP contribution in [0.5, 0.6) is 0 Å². The highest BCUT2D eigenvalue weighted by Crippen LogP contribution is 2.06. The molecule has 0 aliphatic carbocycles. The first-order valence-corrected chi connectivity index (χ1v) is 4.72. The third-order valence-electron chi connectivity index (χ3n) is 2.09. The van der Waals surface area contributed by atoms with Gasteiger partial charge in [0, 0.05) is 12.5 Å². The third kappa shape index (κ3) is 2.74. The molecule has 15 heavy (non-hydrogen) atoms. The van der Waals surface area contributed by atoms with Crippen molar-refractivity contribution in [3.63, 3.8) is 0 Å². The highest BCUT2D eigenvalue weighted by atomic mass is 16.2. The lowest BCUT2D eigenvalue weighted by Crippen LogP contribution is -2.34. The predicted molar refractivity (Wildman–Crippen MR) is 58.0 cm³/mol. The van der Waals surface area contributed by atoms with Gasteiger partial charge in [0.25, 0.3) is 5.91 Å². The summed E-state index contributed by atoms with van der Waals surface area (Å²) in [6.07, 6.45) is 7.87. The Labute approximate surface area is 88.4 Å². The van der Waals surface area contributed by atoms with Crippen LogP contribution in [0.15, 0.2) is 6.20 Å². The molecule has 0 radical (unpaired) electrons. The van der Waals surface area contributed by atoms with E-state index < -0.39 is 0 Å². The van der Waals surface area contributed by atoms with Gasteiger partial charge >= 0.3 is 0 Å². The molecule has 0 aliphatic heterocycles. The van der Waals surface area contributed by atoms with E-state index in [0.717, 1.165) is 6.42 Å². The number of H-pyrrole nitrogens is 1. The zero-order valence-electron chi connectivity index (χ0n) is 8.58. The van der Waals surface area contributed by atoms with Gasteiger partial charge in [0.1, 0.15) is 5.69 Å². The van der Waals surface area contributed by atoms with Gasteiger partial charge in [-0.3, -0.25) is 9.89 Å². The van der Waals surface area contributed by atoms with E-state index >= 15 is 0 Å². The minimum atomic E-state index is -0.271. The molecule has 1 amide bonds.